The SMILES string of the molecule is CNC(=O)/C(=N/O)C(C)(C)n1cnc(F)n1. The van der Waals surface area contributed by atoms with Gasteiger partial charge in [0.15, 0.2) is 5.71 Å². The van der Waals surface area contributed by atoms with Gasteiger partial charge in [-0.15, -0.1) is 5.10 Å². The lowest BCUT2D eigenvalue weighted by atomic mass is 9.98. The van der Waals surface area contributed by atoms with Gasteiger partial charge in [-0.05, 0) is 13.8 Å². The van der Waals surface area contributed by atoms with E-state index in [1.165, 1.54) is 7.05 Å². The fourth-order valence-electron chi connectivity index (χ4n) is 1.18. The minimum atomic E-state index is -1.10. The molecule has 88 valence electrons. The highest BCUT2D eigenvalue weighted by Gasteiger charge is 2.34. The lowest BCUT2D eigenvalue weighted by Crippen LogP contribution is -2.45. The summed E-state index contributed by atoms with van der Waals surface area (Å²) in [7, 11) is 1.39. The second-order valence-electron chi connectivity index (χ2n) is 3.54. The van der Waals surface area contributed by atoms with E-state index in [4.69, 9.17) is 5.21 Å². The van der Waals surface area contributed by atoms with Crippen molar-refractivity contribution in [1.29, 1.82) is 0 Å². The molecule has 0 spiro atoms. The summed E-state index contributed by atoms with van der Waals surface area (Å²) in [6.45, 7) is 3.09. The van der Waals surface area contributed by atoms with Crippen LogP contribution in [0.15, 0.2) is 11.5 Å². The Labute approximate surface area is 91.0 Å². The number of aromatic nitrogens is 3. The van der Waals surface area contributed by atoms with Crippen molar-refractivity contribution in [3.05, 3.63) is 12.4 Å². The Hall–Kier alpha value is -1.99. The van der Waals surface area contributed by atoms with Crippen LogP contribution in [0.2, 0.25) is 0 Å². The average Bonchev–Trinajstić information content (AvgIpc) is 2.65. The zero-order valence-electron chi connectivity index (χ0n) is 9.10. The lowest BCUT2D eigenvalue weighted by Gasteiger charge is -2.24. The van der Waals surface area contributed by atoms with E-state index >= 15 is 0 Å². The van der Waals surface area contributed by atoms with Gasteiger partial charge in [-0.3, -0.25) is 4.79 Å². The lowest BCUT2D eigenvalue weighted by molar-refractivity contribution is -0.115. The van der Waals surface area contributed by atoms with E-state index in [-0.39, 0.29) is 5.71 Å². The first-order valence-electron chi connectivity index (χ1n) is 4.45. The largest absolute Gasteiger partial charge is 0.410 e. The molecule has 16 heavy (non-hydrogen) atoms. The first kappa shape index (κ1) is 12.1. The van der Waals surface area contributed by atoms with E-state index < -0.39 is 17.5 Å². The van der Waals surface area contributed by atoms with Gasteiger partial charge in [0.2, 0.25) is 0 Å². The zero-order chi connectivity index (χ0) is 12.3. The number of halogens is 1. The maximum Gasteiger partial charge on any atom is 0.327 e. The average molecular weight is 229 g/mol. The van der Waals surface area contributed by atoms with Gasteiger partial charge >= 0.3 is 6.08 Å². The molecule has 1 aromatic heterocycles. The molecule has 0 radical (unpaired) electrons. The van der Waals surface area contributed by atoms with Crippen LogP contribution in [-0.2, 0) is 10.3 Å². The summed E-state index contributed by atoms with van der Waals surface area (Å²) in [4.78, 5) is 14.7. The van der Waals surface area contributed by atoms with E-state index in [0.717, 1.165) is 11.0 Å². The van der Waals surface area contributed by atoms with Gasteiger partial charge < -0.3 is 10.5 Å². The summed E-state index contributed by atoms with van der Waals surface area (Å²) in [5.74, 6) is -0.580. The monoisotopic (exact) mass is 229 g/mol. The molecule has 0 aliphatic heterocycles. The quantitative estimate of drug-likeness (QED) is 0.424. The molecule has 0 aliphatic rings. The molecule has 0 atom stereocenters. The normalized spacial score (nSPS) is 12.6. The second kappa shape index (κ2) is 4.25. The van der Waals surface area contributed by atoms with Gasteiger partial charge in [-0.2, -0.15) is 9.37 Å². The zero-order valence-corrected chi connectivity index (χ0v) is 9.10. The summed E-state index contributed by atoms with van der Waals surface area (Å²) in [6.07, 6.45) is 0.200. The van der Waals surface area contributed by atoms with E-state index in [0.29, 0.717) is 0 Å². The number of hydrogen-bond acceptors (Lipinski definition) is 5. The highest BCUT2D eigenvalue weighted by Crippen LogP contribution is 2.16. The van der Waals surface area contributed by atoms with Gasteiger partial charge in [0.1, 0.15) is 11.9 Å². The van der Waals surface area contributed by atoms with Crippen molar-refractivity contribution in [2.24, 2.45) is 5.16 Å². The highest BCUT2D eigenvalue weighted by molar-refractivity contribution is 6.41. The van der Waals surface area contributed by atoms with Gasteiger partial charge in [0, 0.05) is 7.05 Å². The van der Waals surface area contributed by atoms with Crippen LogP contribution in [0.4, 0.5) is 4.39 Å². The molecular formula is C8H12FN5O2. The van der Waals surface area contributed by atoms with Crippen LogP contribution in [0.1, 0.15) is 13.8 Å². The maximum absolute atomic E-state index is 12.7. The van der Waals surface area contributed by atoms with E-state index in [1.807, 2.05) is 0 Å². The molecule has 1 amide bonds. The molecule has 0 aliphatic carbocycles. The molecule has 0 bridgehead atoms. The van der Waals surface area contributed by atoms with E-state index in [1.54, 1.807) is 13.8 Å². The van der Waals surface area contributed by atoms with E-state index in [2.05, 4.69) is 20.6 Å². The second-order valence-corrected chi connectivity index (χ2v) is 3.54. The minimum absolute atomic E-state index is 0.195. The molecule has 0 unspecified atom stereocenters. The van der Waals surface area contributed by atoms with Crippen molar-refractivity contribution in [2.75, 3.05) is 7.05 Å². The fraction of sp³-hybridized carbons (Fsp3) is 0.500. The van der Waals surface area contributed by atoms with Crippen molar-refractivity contribution < 1.29 is 14.4 Å². The molecule has 0 saturated carbocycles. The number of nitrogens with one attached hydrogen (secondary N) is 1. The summed E-state index contributed by atoms with van der Waals surface area (Å²) >= 11 is 0. The molecular weight excluding hydrogens is 217 g/mol. The Balaban J connectivity index is 3.14. The van der Waals surface area contributed by atoms with Crippen LogP contribution >= 0.6 is 0 Å². The number of carbonyl (C=O) groups excluding carboxylic acids is 1. The molecule has 1 heterocycles. The fourth-order valence-corrected chi connectivity index (χ4v) is 1.18. The standard InChI is InChI=1S/C8H12FN5O2/c1-8(2,5(13-16)6(15)10-3)14-4-11-7(9)12-14/h4,16H,1-3H3,(H,10,15)/b13-5-. The van der Waals surface area contributed by atoms with E-state index in [9.17, 15) is 9.18 Å². The Morgan fingerprint density at radius 2 is 2.31 bits per heavy atom. The molecule has 2 N–H and O–H groups in total. The van der Waals surface area contributed by atoms with Crippen molar-refractivity contribution >= 4 is 11.6 Å². The molecule has 1 aromatic rings. The molecule has 8 heteroatoms. The van der Waals surface area contributed by atoms with Crippen LogP contribution < -0.4 is 5.32 Å². The molecule has 0 saturated heterocycles. The number of oxime groups is 1. The summed E-state index contributed by atoms with van der Waals surface area (Å²) in [5, 5.41) is 17.5. The van der Waals surface area contributed by atoms with Crippen molar-refractivity contribution in [3.8, 4) is 0 Å². The first-order chi connectivity index (χ1) is 7.43. The minimum Gasteiger partial charge on any atom is -0.410 e. The van der Waals surface area contributed by atoms with Crippen LogP contribution in [0.5, 0.6) is 0 Å². The highest BCUT2D eigenvalue weighted by atomic mass is 19.1. The Morgan fingerprint density at radius 3 is 2.69 bits per heavy atom. The van der Waals surface area contributed by atoms with Gasteiger partial charge in [0.05, 0.1) is 0 Å². The third kappa shape index (κ3) is 2.00. The van der Waals surface area contributed by atoms with Crippen LogP contribution in [-0.4, -0.2) is 38.6 Å². The molecule has 0 aromatic carbocycles. The van der Waals surface area contributed by atoms with Crippen LogP contribution in [0.25, 0.3) is 0 Å². The first-order valence-corrected chi connectivity index (χ1v) is 4.45. The van der Waals surface area contributed by atoms with Crippen LogP contribution in [0.3, 0.4) is 0 Å². The Bertz CT molecular complexity index is 426. The van der Waals surface area contributed by atoms with Gasteiger partial charge in [0.25, 0.3) is 5.91 Å². The summed E-state index contributed by atoms with van der Waals surface area (Å²) in [5.41, 5.74) is -1.30. The number of amides is 1. The Kier molecular flexibility index (Phi) is 3.21. The summed E-state index contributed by atoms with van der Waals surface area (Å²) in [6, 6.07) is 0. The number of nitrogens with zero attached hydrogens (tertiary/aromatic N) is 4. The number of rotatable bonds is 3. The van der Waals surface area contributed by atoms with Crippen LogP contribution in [0, 0.1) is 6.08 Å². The molecule has 1 rings (SSSR count). The predicted octanol–water partition coefficient (Wildman–Crippen LogP) is -0.272. The number of carbonyl (C=O) groups is 1. The summed E-state index contributed by atoms with van der Waals surface area (Å²) < 4.78 is 13.8. The number of hydrogen-bond donors (Lipinski definition) is 2. The predicted molar refractivity (Wildman–Crippen MR) is 52.6 cm³/mol. The topological polar surface area (TPSA) is 92.4 Å². The van der Waals surface area contributed by atoms with Crippen molar-refractivity contribution in [3.63, 3.8) is 0 Å². The molecule has 7 nitrogen and oxygen atoms in total. The van der Waals surface area contributed by atoms with Gasteiger partial charge in [-0.25, -0.2) is 4.68 Å². The Morgan fingerprint density at radius 1 is 1.69 bits per heavy atom. The third-order valence-corrected chi connectivity index (χ3v) is 2.16. The third-order valence-electron chi connectivity index (χ3n) is 2.16. The van der Waals surface area contributed by atoms with Gasteiger partial charge in [-0.1, -0.05) is 5.16 Å². The van der Waals surface area contributed by atoms with Crippen molar-refractivity contribution in [1.82, 2.24) is 20.1 Å². The smallest absolute Gasteiger partial charge is 0.327 e. The van der Waals surface area contributed by atoms with Crippen molar-refractivity contribution in [2.45, 2.75) is 19.4 Å². The molecule has 0 fully saturated rings. The maximum atomic E-state index is 12.7.